The standard InChI is InChI=1S/C16H16N4O/c1-2-19-16(21)12-6-7-15(14(18)9-12)20-13-5-3-4-11(8-13)10-17/h3-9,20H,2,18H2,1H3,(H,19,21). The first-order valence-electron chi connectivity index (χ1n) is 6.59. The van der Waals surface area contributed by atoms with E-state index in [9.17, 15) is 4.79 Å². The van der Waals surface area contributed by atoms with Gasteiger partial charge in [-0.2, -0.15) is 5.26 Å². The van der Waals surface area contributed by atoms with Crippen molar-refractivity contribution < 1.29 is 4.79 Å². The molecule has 4 N–H and O–H groups in total. The Balaban J connectivity index is 2.21. The quantitative estimate of drug-likeness (QED) is 0.751. The first-order valence-corrected chi connectivity index (χ1v) is 6.59. The van der Waals surface area contributed by atoms with Gasteiger partial charge in [0.25, 0.3) is 5.91 Å². The number of carbonyl (C=O) groups excluding carboxylic acids is 1. The van der Waals surface area contributed by atoms with Crippen molar-refractivity contribution in [3.8, 4) is 6.07 Å². The van der Waals surface area contributed by atoms with Gasteiger partial charge in [-0.05, 0) is 43.3 Å². The zero-order valence-corrected chi connectivity index (χ0v) is 11.7. The van der Waals surface area contributed by atoms with E-state index in [1.54, 1.807) is 36.4 Å². The number of rotatable bonds is 4. The summed E-state index contributed by atoms with van der Waals surface area (Å²) in [6.07, 6.45) is 0. The molecule has 0 aromatic heterocycles. The number of nitrogen functional groups attached to an aromatic ring is 1. The van der Waals surface area contributed by atoms with Crippen LogP contribution in [0.15, 0.2) is 42.5 Å². The van der Waals surface area contributed by atoms with Gasteiger partial charge in [-0.15, -0.1) is 0 Å². The van der Waals surface area contributed by atoms with E-state index >= 15 is 0 Å². The van der Waals surface area contributed by atoms with Crippen LogP contribution in [0.1, 0.15) is 22.8 Å². The molecular formula is C16H16N4O. The lowest BCUT2D eigenvalue weighted by atomic mass is 10.1. The first-order chi connectivity index (χ1) is 10.1. The fourth-order valence-electron chi connectivity index (χ4n) is 1.90. The molecule has 0 aliphatic heterocycles. The van der Waals surface area contributed by atoms with E-state index in [4.69, 9.17) is 11.0 Å². The van der Waals surface area contributed by atoms with Crippen molar-refractivity contribution in [2.24, 2.45) is 0 Å². The second-order valence-corrected chi connectivity index (χ2v) is 4.48. The molecule has 2 aromatic rings. The van der Waals surface area contributed by atoms with E-state index in [1.165, 1.54) is 0 Å². The fraction of sp³-hybridized carbons (Fsp3) is 0.125. The van der Waals surface area contributed by atoms with Crippen LogP contribution in [-0.2, 0) is 0 Å². The molecular weight excluding hydrogens is 264 g/mol. The van der Waals surface area contributed by atoms with Crippen molar-refractivity contribution >= 4 is 23.0 Å². The van der Waals surface area contributed by atoms with Gasteiger partial charge in [0.05, 0.1) is 23.0 Å². The van der Waals surface area contributed by atoms with Gasteiger partial charge in [0.15, 0.2) is 0 Å². The lowest BCUT2D eigenvalue weighted by molar-refractivity contribution is 0.0956. The maximum Gasteiger partial charge on any atom is 0.251 e. The third-order valence-corrected chi connectivity index (χ3v) is 2.92. The highest BCUT2D eigenvalue weighted by Gasteiger charge is 2.07. The third kappa shape index (κ3) is 3.51. The van der Waals surface area contributed by atoms with E-state index < -0.39 is 0 Å². The largest absolute Gasteiger partial charge is 0.397 e. The van der Waals surface area contributed by atoms with Crippen molar-refractivity contribution in [3.63, 3.8) is 0 Å². The van der Waals surface area contributed by atoms with Crippen LogP contribution in [0.3, 0.4) is 0 Å². The van der Waals surface area contributed by atoms with Crippen molar-refractivity contribution in [2.75, 3.05) is 17.6 Å². The number of nitrogens with zero attached hydrogens (tertiary/aromatic N) is 1. The molecule has 5 heteroatoms. The summed E-state index contributed by atoms with van der Waals surface area (Å²) >= 11 is 0. The highest BCUT2D eigenvalue weighted by atomic mass is 16.1. The van der Waals surface area contributed by atoms with Crippen molar-refractivity contribution in [3.05, 3.63) is 53.6 Å². The normalized spacial score (nSPS) is 9.71. The van der Waals surface area contributed by atoms with Gasteiger partial charge in [0, 0.05) is 17.8 Å². The summed E-state index contributed by atoms with van der Waals surface area (Å²) in [5, 5.41) is 14.7. The second-order valence-electron chi connectivity index (χ2n) is 4.48. The summed E-state index contributed by atoms with van der Waals surface area (Å²) in [5.74, 6) is -0.151. The Morgan fingerprint density at radius 1 is 1.29 bits per heavy atom. The molecule has 106 valence electrons. The van der Waals surface area contributed by atoms with Crippen LogP contribution in [-0.4, -0.2) is 12.5 Å². The zero-order chi connectivity index (χ0) is 15.2. The molecule has 5 nitrogen and oxygen atoms in total. The number of carbonyl (C=O) groups is 1. The van der Waals surface area contributed by atoms with Gasteiger partial charge in [-0.25, -0.2) is 0 Å². The number of amides is 1. The Bertz CT molecular complexity index is 704. The summed E-state index contributed by atoms with van der Waals surface area (Å²) in [5.41, 5.74) is 8.99. The Hall–Kier alpha value is -3.00. The van der Waals surface area contributed by atoms with E-state index in [2.05, 4.69) is 16.7 Å². The van der Waals surface area contributed by atoms with Crippen LogP contribution in [0.4, 0.5) is 17.1 Å². The fourth-order valence-corrected chi connectivity index (χ4v) is 1.90. The first kappa shape index (κ1) is 14.4. The topological polar surface area (TPSA) is 90.9 Å². The minimum Gasteiger partial charge on any atom is -0.397 e. The Kier molecular flexibility index (Phi) is 4.42. The summed E-state index contributed by atoms with van der Waals surface area (Å²) < 4.78 is 0. The van der Waals surface area contributed by atoms with Crippen LogP contribution < -0.4 is 16.4 Å². The summed E-state index contributed by atoms with van der Waals surface area (Å²) in [7, 11) is 0. The molecule has 21 heavy (non-hydrogen) atoms. The number of benzene rings is 2. The van der Waals surface area contributed by atoms with E-state index in [0.717, 1.165) is 5.69 Å². The zero-order valence-electron chi connectivity index (χ0n) is 11.7. The predicted octanol–water partition coefficient (Wildman–Crippen LogP) is 2.63. The number of nitrogens with two attached hydrogens (primary N) is 1. The number of anilines is 3. The summed E-state index contributed by atoms with van der Waals surface area (Å²) in [4.78, 5) is 11.7. The van der Waals surface area contributed by atoms with Gasteiger partial charge in [0.1, 0.15) is 0 Å². The molecule has 2 aromatic carbocycles. The molecule has 0 spiro atoms. The second kappa shape index (κ2) is 6.44. The maximum atomic E-state index is 11.7. The highest BCUT2D eigenvalue weighted by Crippen LogP contribution is 2.24. The number of hydrogen-bond donors (Lipinski definition) is 3. The Labute approximate surface area is 123 Å². The van der Waals surface area contributed by atoms with E-state index in [-0.39, 0.29) is 5.91 Å². The molecule has 0 unspecified atom stereocenters. The minimum atomic E-state index is -0.151. The van der Waals surface area contributed by atoms with Gasteiger partial charge in [-0.3, -0.25) is 4.79 Å². The highest BCUT2D eigenvalue weighted by molar-refractivity contribution is 5.96. The van der Waals surface area contributed by atoms with Gasteiger partial charge in [-0.1, -0.05) is 6.07 Å². The minimum absolute atomic E-state index is 0.151. The van der Waals surface area contributed by atoms with Crippen LogP contribution in [0.5, 0.6) is 0 Å². The number of hydrogen-bond acceptors (Lipinski definition) is 4. The van der Waals surface area contributed by atoms with Crippen molar-refractivity contribution in [1.82, 2.24) is 5.32 Å². The molecule has 2 rings (SSSR count). The molecule has 0 atom stereocenters. The number of nitriles is 1. The van der Waals surface area contributed by atoms with Gasteiger partial charge < -0.3 is 16.4 Å². The lowest BCUT2D eigenvalue weighted by Crippen LogP contribution is -2.22. The SMILES string of the molecule is CCNC(=O)c1ccc(Nc2cccc(C#N)c2)c(N)c1. The maximum absolute atomic E-state index is 11.7. The molecule has 0 aliphatic rings. The third-order valence-electron chi connectivity index (χ3n) is 2.92. The summed E-state index contributed by atoms with van der Waals surface area (Å²) in [6, 6.07) is 14.3. The van der Waals surface area contributed by atoms with Crippen LogP contribution in [0.25, 0.3) is 0 Å². The number of nitrogens with one attached hydrogen (secondary N) is 2. The van der Waals surface area contributed by atoms with Crippen LogP contribution in [0, 0.1) is 11.3 Å². The molecule has 0 fully saturated rings. The van der Waals surface area contributed by atoms with Crippen molar-refractivity contribution in [2.45, 2.75) is 6.92 Å². The predicted molar refractivity (Wildman–Crippen MR) is 83.3 cm³/mol. The average Bonchev–Trinajstić information content (AvgIpc) is 2.49. The lowest BCUT2D eigenvalue weighted by Gasteiger charge is -2.11. The van der Waals surface area contributed by atoms with Crippen molar-refractivity contribution in [1.29, 1.82) is 5.26 Å². The van der Waals surface area contributed by atoms with E-state index in [0.29, 0.717) is 29.0 Å². The van der Waals surface area contributed by atoms with E-state index in [1.807, 2.05) is 13.0 Å². The molecule has 0 saturated carbocycles. The smallest absolute Gasteiger partial charge is 0.251 e. The summed E-state index contributed by atoms with van der Waals surface area (Å²) in [6.45, 7) is 2.43. The molecule has 0 aliphatic carbocycles. The molecule has 1 amide bonds. The van der Waals surface area contributed by atoms with Crippen LogP contribution >= 0.6 is 0 Å². The molecule has 0 bridgehead atoms. The molecule has 0 radical (unpaired) electrons. The van der Waals surface area contributed by atoms with Gasteiger partial charge in [0.2, 0.25) is 0 Å². The monoisotopic (exact) mass is 280 g/mol. The van der Waals surface area contributed by atoms with Crippen LogP contribution in [0.2, 0.25) is 0 Å². The van der Waals surface area contributed by atoms with Gasteiger partial charge >= 0.3 is 0 Å². The Morgan fingerprint density at radius 2 is 2.10 bits per heavy atom. The molecule has 0 saturated heterocycles. The Morgan fingerprint density at radius 3 is 2.76 bits per heavy atom. The molecule has 0 heterocycles. The average molecular weight is 280 g/mol.